The average molecular weight is 585 g/mol. The number of hydrogen-bond donors (Lipinski definition) is 0. The van der Waals surface area contributed by atoms with Gasteiger partial charge < -0.3 is 18.9 Å². The van der Waals surface area contributed by atoms with Crippen molar-refractivity contribution in [3.63, 3.8) is 0 Å². The number of methoxy groups -OCH3 is 1. The fourth-order valence-electron chi connectivity index (χ4n) is 4.37. The molecule has 3 aromatic rings. The summed E-state index contributed by atoms with van der Waals surface area (Å²) in [4.78, 5) is 32.3. The SMILES string of the molecule is COc1ccc(Br)cc1[C@@H]1C(C(=O)OC(C)C)=C(C)N=c2s/c(=C\c3ccc4c(c3)OCCO4)c(=O)n21. The average Bonchev–Trinajstić information content (AvgIpc) is 3.16. The van der Waals surface area contributed by atoms with E-state index in [4.69, 9.17) is 18.9 Å². The predicted octanol–water partition coefficient (Wildman–Crippen LogP) is 3.73. The second-order valence-electron chi connectivity index (χ2n) is 8.83. The van der Waals surface area contributed by atoms with Crippen LogP contribution in [0.2, 0.25) is 0 Å². The molecule has 2 aromatic carbocycles. The standard InChI is InChI=1S/C27H25BrN2O6S/c1-14(2)36-26(32)23-15(3)29-27-30(24(23)18-13-17(28)6-8-19(18)33-4)25(31)22(37-27)12-16-5-7-20-21(11-16)35-10-9-34-20/h5-8,11-14,24H,9-10H2,1-4H3/b22-12-/t24-/m1/s1. The lowest BCUT2D eigenvalue weighted by Crippen LogP contribution is -2.40. The van der Waals surface area contributed by atoms with Crippen LogP contribution in [0.1, 0.15) is 37.9 Å². The van der Waals surface area contributed by atoms with E-state index in [-0.39, 0.29) is 11.7 Å². The van der Waals surface area contributed by atoms with Crippen molar-refractivity contribution in [2.45, 2.75) is 32.9 Å². The van der Waals surface area contributed by atoms with Crippen LogP contribution in [0.15, 0.2) is 61.9 Å². The molecule has 1 atom stereocenters. The van der Waals surface area contributed by atoms with Crippen molar-refractivity contribution in [1.82, 2.24) is 4.57 Å². The van der Waals surface area contributed by atoms with Crippen LogP contribution < -0.4 is 29.1 Å². The zero-order valence-electron chi connectivity index (χ0n) is 20.7. The van der Waals surface area contributed by atoms with E-state index < -0.39 is 12.0 Å². The first kappa shape index (κ1) is 25.3. The molecule has 0 N–H and O–H groups in total. The number of rotatable bonds is 5. The maximum absolute atomic E-state index is 13.9. The molecule has 0 radical (unpaired) electrons. The maximum Gasteiger partial charge on any atom is 0.338 e. The number of benzene rings is 2. The van der Waals surface area contributed by atoms with E-state index >= 15 is 0 Å². The lowest BCUT2D eigenvalue weighted by atomic mass is 9.95. The fourth-order valence-corrected chi connectivity index (χ4v) is 5.80. The molecule has 0 saturated carbocycles. The summed E-state index contributed by atoms with van der Waals surface area (Å²) < 4.78 is 25.3. The summed E-state index contributed by atoms with van der Waals surface area (Å²) in [5, 5.41) is 0. The minimum absolute atomic E-state index is 0.270. The molecule has 0 bridgehead atoms. The van der Waals surface area contributed by atoms with E-state index in [1.807, 2.05) is 30.3 Å². The zero-order valence-corrected chi connectivity index (χ0v) is 23.1. The number of esters is 1. The van der Waals surface area contributed by atoms with Gasteiger partial charge in [0.05, 0.1) is 29.0 Å². The lowest BCUT2D eigenvalue weighted by molar-refractivity contribution is -0.143. The van der Waals surface area contributed by atoms with Crippen molar-refractivity contribution < 1.29 is 23.7 Å². The second-order valence-corrected chi connectivity index (χ2v) is 10.8. The molecule has 2 aliphatic heterocycles. The van der Waals surface area contributed by atoms with Gasteiger partial charge >= 0.3 is 5.97 Å². The van der Waals surface area contributed by atoms with Crippen LogP contribution in [-0.4, -0.2) is 37.0 Å². The smallest absolute Gasteiger partial charge is 0.338 e. The molecule has 8 nitrogen and oxygen atoms in total. The van der Waals surface area contributed by atoms with Gasteiger partial charge in [0.1, 0.15) is 25.0 Å². The summed E-state index contributed by atoms with van der Waals surface area (Å²) in [7, 11) is 1.56. The van der Waals surface area contributed by atoms with Gasteiger partial charge in [0.2, 0.25) is 0 Å². The van der Waals surface area contributed by atoms with E-state index in [9.17, 15) is 9.59 Å². The second kappa shape index (κ2) is 10.2. The normalized spacial score (nSPS) is 16.9. The number of fused-ring (bicyclic) bond motifs is 2. The van der Waals surface area contributed by atoms with E-state index in [1.165, 1.54) is 11.3 Å². The molecule has 5 rings (SSSR count). The molecule has 0 spiro atoms. The number of ether oxygens (including phenoxy) is 4. The summed E-state index contributed by atoms with van der Waals surface area (Å²) in [5.74, 6) is 1.33. The Bertz CT molecular complexity index is 1600. The number of thiazole rings is 1. The first-order valence-electron chi connectivity index (χ1n) is 11.7. The van der Waals surface area contributed by atoms with Crippen LogP contribution in [-0.2, 0) is 9.53 Å². The van der Waals surface area contributed by atoms with Gasteiger partial charge in [-0.1, -0.05) is 33.3 Å². The van der Waals surface area contributed by atoms with Gasteiger partial charge in [-0.15, -0.1) is 0 Å². The summed E-state index contributed by atoms with van der Waals surface area (Å²) in [6.07, 6.45) is 1.46. The topological polar surface area (TPSA) is 88.4 Å². The van der Waals surface area contributed by atoms with Crippen molar-refractivity contribution in [2.75, 3.05) is 20.3 Å². The van der Waals surface area contributed by atoms with Crippen LogP contribution in [0.25, 0.3) is 6.08 Å². The lowest BCUT2D eigenvalue weighted by Gasteiger charge is -2.26. The number of hydrogen-bond acceptors (Lipinski definition) is 8. The Morgan fingerprint density at radius 1 is 1.19 bits per heavy atom. The van der Waals surface area contributed by atoms with Gasteiger partial charge in [0.25, 0.3) is 5.56 Å². The number of allylic oxidation sites excluding steroid dienone is 1. The third kappa shape index (κ3) is 4.83. The molecule has 0 fully saturated rings. The zero-order chi connectivity index (χ0) is 26.3. The van der Waals surface area contributed by atoms with E-state index in [1.54, 1.807) is 44.6 Å². The third-order valence-corrected chi connectivity index (χ3v) is 7.41. The highest BCUT2D eigenvalue weighted by Gasteiger charge is 2.35. The molecule has 3 heterocycles. The predicted molar refractivity (Wildman–Crippen MR) is 143 cm³/mol. The van der Waals surface area contributed by atoms with Gasteiger partial charge in [-0.2, -0.15) is 0 Å². The molecule has 1 aromatic heterocycles. The van der Waals surface area contributed by atoms with Gasteiger partial charge in [0.15, 0.2) is 16.3 Å². The highest BCUT2D eigenvalue weighted by atomic mass is 79.9. The van der Waals surface area contributed by atoms with Crippen molar-refractivity contribution >= 4 is 39.3 Å². The van der Waals surface area contributed by atoms with E-state index in [0.29, 0.717) is 56.6 Å². The number of carbonyl (C=O) groups is 1. The van der Waals surface area contributed by atoms with Crippen molar-refractivity contribution in [2.24, 2.45) is 4.99 Å². The largest absolute Gasteiger partial charge is 0.496 e. The molecule has 10 heteroatoms. The van der Waals surface area contributed by atoms with Gasteiger partial charge in [-0.05, 0) is 62.7 Å². The van der Waals surface area contributed by atoms with Gasteiger partial charge in [0, 0.05) is 10.0 Å². The van der Waals surface area contributed by atoms with Crippen molar-refractivity contribution in [3.8, 4) is 17.2 Å². The monoisotopic (exact) mass is 584 g/mol. The van der Waals surface area contributed by atoms with Crippen LogP contribution in [0, 0.1) is 0 Å². The summed E-state index contributed by atoms with van der Waals surface area (Å²) in [6, 6.07) is 10.3. The van der Waals surface area contributed by atoms with Crippen LogP contribution in [0.5, 0.6) is 17.2 Å². The summed E-state index contributed by atoms with van der Waals surface area (Å²) >= 11 is 4.78. The molecule has 0 saturated heterocycles. The number of carbonyl (C=O) groups excluding carboxylic acids is 1. The van der Waals surface area contributed by atoms with Gasteiger partial charge in [-0.3, -0.25) is 9.36 Å². The maximum atomic E-state index is 13.9. The Balaban J connectivity index is 1.72. The van der Waals surface area contributed by atoms with E-state index in [0.717, 1.165) is 10.0 Å². The molecular weight excluding hydrogens is 560 g/mol. The molecule has 2 aliphatic rings. The minimum Gasteiger partial charge on any atom is -0.496 e. The quantitative estimate of drug-likeness (QED) is 0.425. The molecule has 37 heavy (non-hydrogen) atoms. The highest BCUT2D eigenvalue weighted by Crippen LogP contribution is 2.37. The Morgan fingerprint density at radius 3 is 2.68 bits per heavy atom. The van der Waals surface area contributed by atoms with Gasteiger partial charge in [-0.25, -0.2) is 9.79 Å². The third-order valence-electron chi connectivity index (χ3n) is 5.93. The number of aromatic nitrogens is 1. The number of nitrogens with zero attached hydrogens (tertiary/aromatic N) is 2. The first-order valence-corrected chi connectivity index (χ1v) is 13.3. The van der Waals surface area contributed by atoms with E-state index in [2.05, 4.69) is 20.9 Å². The molecule has 0 unspecified atom stereocenters. The first-order chi connectivity index (χ1) is 17.8. The summed E-state index contributed by atoms with van der Waals surface area (Å²) in [6.45, 7) is 6.30. The molecular formula is C27H25BrN2O6S. The number of halogens is 1. The highest BCUT2D eigenvalue weighted by molar-refractivity contribution is 9.10. The Morgan fingerprint density at radius 2 is 1.95 bits per heavy atom. The fraction of sp³-hybridized carbons (Fsp3) is 0.296. The van der Waals surface area contributed by atoms with Crippen LogP contribution in [0.3, 0.4) is 0 Å². The Labute approximate surface area is 225 Å². The Hall–Kier alpha value is -3.37. The molecule has 192 valence electrons. The van der Waals surface area contributed by atoms with Crippen LogP contribution >= 0.6 is 27.3 Å². The molecule has 0 amide bonds. The van der Waals surface area contributed by atoms with Crippen molar-refractivity contribution in [1.29, 1.82) is 0 Å². The summed E-state index contributed by atoms with van der Waals surface area (Å²) in [5.41, 5.74) is 1.95. The Kier molecular flexibility index (Phi) is 6.96. The van der Waals surface area contributed by atoms with Crippen molar-refractivity contribution in [3.05, 3.63) is 83.0 Å². The molecule has 0 aliphatic carbocycles. The minimum atomic E-state index is -0.780. The van der Waals surface area contributed by atoms with Crippen LogP contribution in [0.4, 0.5) is 0 Å².